The molecule has 0 bridgehead atoms. The second kappa shape index (κ2) is 12.2. The van der Waals surface area contributed by atoms with E-state index >= 15 is 0 Å². The van der Waals surface area contributed by atoms with E-state index in [-0.39, 0.29) is 23.1 Å². The molecule has 0 saturated carbocycles. The molecule has 2 rings (SSSR count). The standard InChI is InChI=1S/C18H20O4S8/c1-7(19)11(8(2)20)25-15-16(26-12(9(3)21)10(4)22)30-18(29-15)17-27-13(23-5)14(24-6)28-17/h11-12H,1-6H3. The molecule has 30 heavy (non-hydrogen) atoms. The molecular formula is C18H20O4S8. The van der Waals surface area contributed by atoms with Gasteiger partial charge in [-0.2, -0.15) is 0 Å². The van der Waals surface area contributed by atoms with Crippen molar-refractivity contribution < 1.29 is 19.2 Å². The second-order valence-electron chi connectivity index (χ2n) is 5.98. The van der Waals surface area contributed by atoms with Crippen molar-refractivity contribution in [3.05, 3.63) is 25.4 Å². The molecule has 0 saturated heterocycles. The van der Waals surface area contributed by atoms with Gasteiger partial charge in [-0.25, -0.2) is 0 Å². The Kier molecular flexibility index (Phi) is 11.0. The van der Waals surface area contributed by atoms with E-state index in [1.54, 1.807) is 47.0 Å². The van der Waals surface area contributed by atoms with E-state index in [0.717, 1.165) is 16.9 Å². The van der Waals surface area contributed by atoms with Crippen LogP contribution in [-0.4, -0.2) is 46.1 Å². The quantitative estimate of drug-likeness (QED) is 0.272. The van der Waals surface area contributed by atoms with E-state index in [4.69, 9.17) is 0 Å². The first kappa shape index (κ1) is 26.9. The fraction of sp³-hybridized carbons (Fsp3) is 0.444. The smallest absolute Gasteiger partial charge is 0.150 e. The Hall–Kier alpha value is 0.700. The summed E-state index contributed by atoms with van der Waals surface area (Å²) in [5.41, 5.74) is 0. The first-order chi connectivity index (χ1) is 14.1. The SMILES string of the molecule is CSC1=C(SC)SC(=C2SC(SC(C(C)=O)C(C)=O)=C(SC(C(C)=O)C(C)=O)S2)S1. The summed E-state index contributed by atoms with van der Waals surface area (Å²) in [4.78, 5) is 48.0. The number of thioether (sulfide) groups is 8. The Morgan fingerprint density at radius 3 is 1.07 bits per heavy atom. The molecule has 0 aliphatic carbocycles. The number of hydrogen-bond donors (Lipinski definition) is 0. The van der Waals surface area contributed by atoms with Gasteiger partial charge in [0.15, 0.2) is 23.1 Å². The molecule has 164 valence electrons. The summed E-state index contributed by atoms with van der Waals surface area (Å²) < 4.78 is 6.32. The van der Waals surface area contributed by atoms with E-state index in [1.807, 2.05) is 0 Å². The van der Waals surface area contributed by atoms with Crippen molar-refractivity contribution in [2.75, 3.05) is 12.5 Å². The van der Waals surface area contributed by atoms with Crippen LogP contribution in [0.5, 0.6) is 0 Å². The van der Waals surface area contributed by atoms with Crippen molar-refractivity contribution in [3.63, 3.8) is 0 Å². The molecule has 0 unspecified atom stereocenters. The molecule has 0 aromatic rings. The normalized spacial score (nSPS) is 17.1. The third kappa shape index (κ3) is 6.85. The van der Waals surface area contributed by atoms with Crippen molar-refractivity contribution in [2.24, 2.45) is 0 Å². The van der Waals surface area contributed by atoms with Crippen LogP contribution in [0, 0.1) is 0 Å². The molecule has 0 aromatic carbocycles. The van der Waals surface area contributed by atoms with E-state index in [0.29, 0.717) is 0 Å². The number of rotatable bonds is 10. The number of Topliss-reactive ketones (excluding diaryl/α,β-unsaturated/α-hetero) is 4. The zero-order valence-corrected chi connectivity index (χ0v) is 23.6. The van der Waals surface area contributed by atoms with Crippen LogP contribution in [0.3, 0.4) is 0 Å². The molecule has 4 nitrogen and oxygen atoms in total. The lowest BCUT2D eigenvalue weighted by atomic mass is 10.2. The van der Waals surface area contributed by atoms with Gasteiger partial charge in [0, 0.05) is 0 Å². The van der Waals surface area contributed by atoms with Crippen molar-refractivity contribution in [2.45, 2.75) is 38.2 Å². The van der Waals surface area contributed by atoms with Gasteiger partial charge in [-0.05, 0) is 40.2 Å². The predicted octanol–water partition coefficient (Wildman–Crippen LogP) is 6.61. The average Bonchev–Trinajstić information content (AvgIpc) is 3.26. The topological polar surface area (TPSA) is 68.3 Å². The van der Waals surface area contributed by atoms with E-state index in [2.05, 4.69) is 12.5 Å². The Balaban J connectivity index is 2.36. The molecule has 0 atom stereocenters. The fourth-order valence-corrected chi connectivity index (χ4v) is 13.4. The molecule has 2 aliphatic rings. The van der Waals surface area contributed by atoms with Gasteiger partial charge in [-0.1, -0.05) is 70.6 Å². The Bertz CT molecular complexity index is 779. The summed E-state index contributed by atoms with van der Waals surface area (Å²) in [6, 6.07) is 0. The average molecular weight is 557 g/mol. The van der Waals surface area contributed by atoms with Crippen molar-refractivity contribution in [1.29, 1.82) is 0 Å². The first-order valence-corrected chi connectivity index (χ1v) is 15.9. The molecule has 0 amide bonds. The monoisotopic (exact) mass is 556 g/mol. The molecule has 0 N–H and O–H groups in total. The van der Waals surface area contributed by atoms with E-state index < -0.39 is 10.5 Å². The number of hydrogen-bond acceptors (Lipinski definition) is 12. The van der Waals surface area contributed by atoms with Crippen LogP contribution in [0.4, 0.5) is 0 Å². The summed E-state index contributed by atoms with van der Waals surface area (Å²) in [6.45, 7) is 5.65. The van der Waals surface area contributed by atoms with Crippen molar-refractivity contribution >= 4 is 117 Å². The maximum absolute atomic E-state index is 12.0. The lowest BCUT2D eigenvalue weighted by molar-refractivity contribution is -0.125. The second-order valence-corrected chi connectivity index (χ2v) is 15.5. The predicted molar refractivity (Wildman–Crippen MR) is 144 cm³/mol. The summed E-state index contributed by atoms with van der Waals surface area (Å²) in [5.74, 6) is -0.810. The highest BCUT2D eigenvalue weighted by atomic mass is 32.3. The number of carbonyl (C=O) groups is 4. The largest absolute Gasteiger partial charge is 0.298 e. The Labute approximate surface area is 210 Å². The van der Waals surface area contributed by atoms with Gasteiger partial charge in [0.2, 0.25) is 0 Å². The Morgan fingerprint density at radius 1 is 0.567 bits per heavy atom. The van der Waals surface area contributed by atoms with Gasteiger partial charge in [-0.15, -0.1) is 23.5 Å². The van der Waals surface area contributed by atoms with Gasteiger partial charge in [-0.3, -0.25) is 19.2 Å². The minimum Gasteiger partial charge on any atom is -0.298 e. The van der Waals surface area contributed by atoms with E-state index in [9.17, 15) is 19.2 Å². The van der Waals surface area contributed by atoms with Gasteiger partial charge in [0.1, 0.15) is 10.5 Å². The van der Waals surface area contributed by atoms with Gasteiger partial charge in [0.25, 0.3) is 0 Å². The third-order valence-corrected chi connectivity index (χ3v) is 15.6. The number of carbonyl (C=O) groups excluding carboxylic acids is 4. The van der Waals surface area contributed by atoms with Gasteiger partial charge >= 0.3 is 0 Å². The van der Waals surface area contributed by atoms with Crippen LogP contribution >= 0.6 is 94.1 Å². The van der Waals surface area contributed by atoms with Gasteiger partial charge in [0.05, 0.1) is 25.4 Å². The minimum absolute atomic E-state index is 0.202. The maximum Gasteiger partial charge on any atom is 0.150 e. The van der Waals surface area contributed by atoms with Crippen LogP contribution in [0.15, 0.2) is 25.4 Å². The van der Waals surface area contributed by atoms with Crippen LogP contribution in [0.2, 0.25) is 0 Å². The van der Waals surface area contributed by atoms with Crippen molar-refractivity contribution in [1.82, 2.24) is 0 Å². The van der Waals surface area contributed by atoms with Gasteiger partial charge < -0.3 is 0 Å². The molecule has 12 heteroatoms. The summed E-state index contributed by atoms with van der Waals surface area (Å²) in [7, 11) is 0. The molecular weight excluding hydrogens is 537 g/mol. The zero-order valence-electron chi connectivity index (χ0n) is 17.1. The molecule has 0 spiro atoms. The summed E-state index contributed by atoms with van der Waals surface area (Å²) in [6.07, 6.45) is 4.11. The molecule has 2 aliphatic heterocycles. The first-order valence-electron chi connectivity index (χ1n) is 8.46. The van der Waals surface area contributed by atoms with Crippen LogP contribution in [0.1, 0.15) is 27.7 Å². The highest BCUT2D eigenvalue weighted by Gasteiger charge is 2.35. The van der Waals surface area contributed by atoms with Crippen LogP contribution in [-0.2, 0) is 19.2 Å². The van der Waals surface area contributed by atoms with Crippen molar-refractivity contribution in [3.8, 4) is 0 Å². The van der Waals surface area contributed by atoms with E-state index in [1.165, 1.54) is 83.2 Å². The maximum atomic E-state index is 12.0. The third-order valence-electron chi connectivity index (χ3n) is 3.54. The molecule has 0 fully saturated rings. The molecule has 2 heterocycles. The highest BCUT2D eigenvalue weighted by molar-refractivity contribution is 8.45. The lowest BCUT2D eigenvalue weighted by Gasteiger charge is -2.13. The lowest BCUT2D eigenvalue weighted by Crippen LogP contribution is -2.23. The minimum atomic E-state index is -0.785. The van der Waals surface area contributed by atoms with Crippen LogP contribution < -0.4 is 0 Å². The fourth-order valence-electron chi connectivity index (χ4n) is 2.22. The molecule has 0 aromatic heterocycles. The highest BCUT2D eigenvalue weighted by Crippen LogP contribution is 2.66. The summed E-state index contributed by atoms with van der Waals surface area (Å²) in [5, 5.41) is -1.57. The van der Waals surface area contributed by atoms with Crippen LogP contribution in [0.25, 0.3) is 0 Å². The Morgan fingerprint density at radius 2 is 0.833 bits per heavy atom. The zero-order chi connectivity index (χ0) is 22.6. The molecule has 0 radical (unpaired) electrons. The summed E-state index contributed by atoms with van der Waals surface area (Å²) >= 11 is 12.3. The number of ketones is 4.